The van der Waals surface area contributed by atoms with E-state index >= 15 is 0 Å². The molecular weight excluding hydrogens is 208 g/mol. The molecule has 4 nitrogen and oxygen atoms in total. The van der Waals surface area contributed by atoms with E-state index in [-0.39, 0.29) is 5.48 Å². The predicted octanol–water partition coefficient (Wildman–Crippen LogP) is 1.29. The van der Waals surface area contributed by atoms with Gasteiger partial charge in [0.15, 0.2) is 0 Å². The maximum absolute atomic E-state index is 5.45. The monoisotopic (exact) mass is 228 g/mol. The second-order valence-electron chi connectivity index (χ2n) is 2.97. The molecule has 2 N–H and O–H groups in total. The summed E-state index contributed by atoms with van der Waals surface area (Å²) in [6, 6.07) is 9.72. The molecule has 0 fully saturated rings. The average molecular weight is 228 g/mol. The standard InChI is InChI=1S/C12H18O3.H2O/c1-2-13-8-9-14-10-11-15-12-6-4-3-5-7-12;/h3-7H,2,8-11H2,1H3;1H2. The molecule has 0 spiro atoms. The lowest BCUT2D eigenvalue weighted by Crippen LogP contribution is -2.10. The number of ether oxygens (including phenoxy) is 3. The van der Waals surface area contributed by atoms with Gasteiger partial charge in [0, 0.05) is 6.61 Å². The van der Waals surface area contributed by atoms with Crippen LogP contribution in [-0.4, -0.2) is 38.5 Å². The Bertz CT molecular complexity index is 238. The Labute approximate surface area is 96.4 Å². The highest BCUT2D eigenvalue weighted by Crippen LogP contribution is 2.07. The van der Waals surface area contributed by atoms with Gasteiger partial charge in [0.25, 0.3) is 0 Å². The molecule has 1 aromatic carbocycles. The number of hydrogen-bond acceptors (Lipinski definition) is 3. The summed E-state index contributed by atoms with van der Waals surface area (Å²) in [5.74, 6) is 0.880. The molecule has 1 aromatic rings. The molecule has 0 atom stereocenters. The molecular formula is C12H20O4. The van der Waals surface area contributed by atoms with E-state index in [0.29, 0.717) is 26.4 Å². The van der Waals surface area contributed by atoms with E-state index in [9.17, 15) is 0 Å². The van der Waals surface area contributed by atoms with Crippen molar-refractivity contribution in [1.29, 1.82) is 0 Å². The van der Waals surface area contributed by atoms with Crippen molar-refractivity contribution in [3.63, 3.8) is 0 Å². The molecule has 0 unspecified atom stereocenters. The lowest BCUT2D eigenvalue weighted by atomic mass is 10.3. The number of hydrogen-bond donors (Lipinski definition) is 0. The molecule has 0 radical (unpaired) electrons. The quantitative estimate of drug-likeness (QED) is 0.630. The first kappa shape index (κ1) is 14.9. The van der Waals surface area contributed by atoms with Gasteiger partial charge in [-0.2, -0.15) is 0 Å². The highest BCUT2D eigenvalue weighted by atomic mass is 16.5. The summed E-state index contributed by atoms with van der Waals surface area (Å²) in [6.07, 6.45) is 0. The average Bonchev–Trinajstić information content (AvgIpc) is 2.29. The van der Waals surface area contributed by atoms with Gasteiger partial charge in [-0.25, -0.2) is 0 Å². The first-order chi connectivity index (χ1) is 7.43. The van der Waals surface area contributed by atoms with Crippen molar-refractivity contribution in [1.82, 2.24) is 0 Å². The SMILES string of the molecule is CCOCCOCCOc1ccccc1.O. The largest absolute Gasteiger partial charge is 0.491 e. The molecule has 0 aliphatic heterocycles. The molecule has 0 aliphatic rings. The fourth-order valence-electron chi connectivity index (χ4n) is 1.10. The summed E-state index contributed by atoms with van der Waals surface area (Å²) in [5.41, 5.74) is 0. The topological polar surface area (TPSA) is 59.2 Å². The van der Waals surface area contributed by atoms with Crippen LogP contribution >= 0.6 is 0 Å². The van der Waals surface area contributed by atoms with Gasteiger partial charge in [0.05, 0.1) is 19.8 Å². The molecule has 0 aromatic heterocycles. The van der Waals surface area contributed by atoms with Crippen molar-refractivity contribution in [2.24, 2.45) is 0 Å². The Balaban J connectivity index is 0.00000225. The molecule has 0 saturated heterocycles. The minimum atomic E-state index is 0. The minimum absolute atomic E-state index is 0. The first-order valence-corrected chi connectivity index (χ1v) is 5.27. The second kappa shape index (κ2) is 10.4. The van der Waals surface area contributed by atoms with Crippen molar-refractivity contribution in [2.45, 2.75) is 6.92 Å². The zero-order chi connectivity index (χ0) is 10.8. The van der Waals surface area contributed by atoms with Gasteiger partial charge >= 0.3 is 0 Å². The fourth-order valence-corrected chi connectivity index (χ4v) is 1.10. The molecule has 1 rings (SSSR count). The van der Waals surface area contributed by atoms with Crippen molar-refractivity contribution < 1.29 is 19.7 Å². The van der Waals surface area contributed by atoms with Crippen LogP contribution < -0.4 is 4.74 Å². The number of rotatable bonds is 8. The molecule has 0 aliphatic carbocycles. The van der Waals surface area contributed by atoms with E-state index in [1.54, 1.807) is 0 Å². The summed E-state index contributed by atoms with van der Waals surface area (Å²) in [7, 11) is 0. The van der Waals surface area contributed by atoms with Crippen LogP contribution in [0.2, 0.25) is 0 Å². The predicted molar refractivity (Wildman–Crippen MR) is 62.9 cm³/mol. The Morgan fingerprint density at radius 2 is 1.50 bits per heavy atom. The minimum Gasteiger partial charge on any atom is -0.491 e. The number of para-hydroxylation sites is 1. The van der Waals surface area contributed by atoms with Crippen LogP contribution in [0, 0.1) is 0 Å². The molecule has 92 valence electrons. The van der Waals surface area contributed by atoms with Crippen LogP contribution in [0.3, 0.4) is 0 Å². The summed E-state index contributed by atoms with van der Waals surface area (Å²) in [5, 5.41) is 0. The number of benzene rings is 1. The Kier molecular flexibility index (Phi) is 9.70. The van der Waals surface area contributed by atoms with Crippen LogP contribution in [0.1, 0.15) is 6.92 Å². The van der Waals surface area contributed by atoms with Gasteiger partial charge < -0.3 is 19.7 Å². The third kappa shape index (κ3) is 7.23. The Morgan fingerprint density at radius 1 is 0.875 bits per heavy atom. The highest BCUT2D eigenvalue weighted by Gasteiger charge is 1.91. The van der Waals surface area contributed by atoms with Crippen LogP contribution in [0.15, 0.2) is 30.3 Å². The van der Waals surface area contributed by atoms with Crippen LogP contribution in [0.4, 0.5) is 0 Å². The van der Waals surface area contributed by atoms with E-state index in [4.69, 9.17) is 14.2 Å². The van der Waals surface area contributed by atoms with Gasteiger partial charge in [-0.15, -0.1) is 0 Å². The molecule has 0 saturated carbocycles. The van der Waals surface area contributed by atoms with Gasteiger partial charge in [0.1, 0.15) is 12.4 Å². The van der Waals surface area contributed by atoms with Gasteiger partial charge in [-0.05, 0) is 19.1 Å². The third-order valence-corrected chi connectivity index (χ3v) is 1.82. The first-order valence-electron chi connectivity index (χ1n) is 5.27. The smallest absolute Gasteiger partial charge is 0.119 e. The van der Waals surface area contributed by atoms with E-state index < -0.39 is 0 Å². The zero-order valence-electron chi connectivity index (χ0n) is 9.65. The normalized spacial score (nSPS) is 9.56. The maximum Gasteiger partial charge on any atom is 0.119 e. The summed E-state index contributed by atoms with van der Waals surface area (Å²) >= 11 is 0. The summed E-state index contributed by atoms with van der Waals surface area (Å²) < 4.78 is 15.9. The van der Waals surface area contributed by atoms with E-state index in [2.05, 4.69) is 0 Å². The molecule has 16 heavy (non-hydrogen) atoms. The summed E-state index contributed by atoms with van der Waals surface area (Å²) in [6.45, 7) is 5.17. The van der Waals surface area contributed by atoms with Gasteiger partial charge in [-0.1, -0.05) is 18.2 Å². The third-order valence-electron chi connectivity index (χ3n) is 1.82. The maximum atomic E-state index is 5.45. The van der Waals surface area contributed by atoms with Crippen molar-refractivity contribution in [3.05, 3.63) is 30.3 Å². The van der Waals surface area contributed by atoms with Crippen molar-refractivity contribution in [3.8, 4) is 5.75 Å². The Hall–Kier alpha value is -1.10. The highest BCUT2D eigenvalue weighted by molar-refractivity contribution is 5.20. The summed E-state index contributed by atoms with van der Waals surface area (Å²) in [4.78, 5) is 0. The van der Waals surface area contributed by atoms with Crippen molar-refractivity contribution in [2.75, 3.05) is 33.0 Å². The van der Waals surface area contributed by atoms with Crippen molar-refractivity contribution >= 4 is 0 Å². The van der Waals surface area contributed by atoms with Crippen LogP contribution in [0.5, 0.6) is 5.75 Å². The van der Waals surface area contributed by atoms with Crippen LogP contribution in [-0.2, 0) is 9.47 Å². The lowest BCUT2D eigenvalue weighted by Gasteiger charge is -2.06. The fraction of sp³-hybridized carbons (Fsp3) is 0.500. The Morgan fingerprint density at radius 3 is 2.19 bits per heavy atom. The van der Waals surface area contributed by atoms with E-state index in [0.717, 1.165) is 12.4 Å². The van der Waals surface area contributed by atoms with E-state index in [1.165, 1.54) is 0 Å². The lowest BCUT2D eigenvalue weighted by molar-refractivity contribution is 0.0405. The molecule has 0 heterocycles. The van der Waals surface area contributed by atoms with E-state index in [1.807, 2.05) is 37.3 Å². The van der Waals surface area contributed by atoms with Gasteiger partial charge in [0.2, 0.25) is 0 Å². The molecule has 0 amide bonds. The van der Waals surface area contributed by atoms with Gasteiger partial charge in [-0.3, -0.25) is 0 Å². The zero-order valence-corrected chi connectivity index (χ0v) is 9.65. The van der Waals surface area contributed by atoms with Crippen LogP contribution in [0.25, 0.3) is 0 Å². The molecule has 4 heteroatoms. The second-order valence-corrected chi connectivity index (χ2v) is 2.97. The molecule has 0 bridgehead atoms.